The van der Waals surface area contributed by atoms with Gasteiger partial charge >= 0.3 is 5.97 Å². The highest BCUT2D eigenvalue weighted by atomic mass is 16.5. The van der Waals surface area contributed by atoms with Crippen molar-refractivity contribution >= 4 is 17.6 Å². The number of hydrogen-bond acceptors (Lipinski definition) is 4. The van der Waals surface area contributed by atoms with E-state index in [1.54, 1.807) is 24.3 Å². The summed E-state index contributed by atoms with van der Waals surface area (Å²) in [5.41, 5.74) is 0.602. The molecule has 0 aliphatic carbocycles. The molecule has 0 bridgehead atoms. The Hall–Kier alpha value is -2.08. The van der Waals surface area contributed by atoms with Gasteiger partial charge in [0, 0.05) is 11.8 Å². The van der Waals surface area contributed by atoms with Gasteiger partial charge in [-0.05, 0) is 31.5 Å². The van der Waals surface area contributed by atoms with Gasteiger partial charge in [0.1, 0.15) is 5.75 Å². The lowest BCUT2D eigenvalue weighted by atomic mass is 10.0. The van der Waals surface area contributed by atoms with Crippen LogP contribution in [0.2, 0.25) is 0 Å². The standard InChI is InChI=1S/C14H18N2O4/c17-13(18)9-20-11-5-3-4-10(8-11)16-14(19)12-6-1-2-7-15-12/h3-5,8,12,15H,1-2,6-7,9H2,(H,16,19)(H,17,18). The number of carbonyl (C=O) groups excluding carboxylic acids is 1. The average molecular weight is 278 g/mol. The highest BCUT2D eigenvalue weighted by molar-refractivity contribution is 5.95. The predicted molar refractivity (Wildman–Crippen MR) is 73.8 cm³/mol. The molecule has 1 aliphatic heterocycles. The van der Waals surface area contributed by atoms with Crippen molar-refractivity contribution in [3.8, 4) is 5.75 Å². The minimum absolute atomic E-state index is 0.0694. The van der Waals surface area contributed by atoms with Crippen molar-refractivity contribution in [3.63, 3.8) is 0 Å². The summed E-state index contributed by atoms with van der Waals surface area (Å²) >= 11 is 0. The molecule has 1 saturated heterocycles. The summed E-state index contributed by atoms with van der Waals surface area (Å²) in [5, 5.41) is 14.5. The van der Waals surface area contributed by atoms with Crippen LogP contribution < -0.4 is 15.4 Å². The molecule has 1 heterocycles. The molecule has 1 aliphatic rings. The zero-order valence-corrected chi connectivity index (χ0v) is 11.1. The topological polar surface area (TPSA) is 87.7 Å². The molecule has 0 spiro atoms. The Balaban J connectivity index is 1.93. The summed E-state index contributed by atoms with van der Waals surface area (Å²) in [7, 11) is 0. The molecule has 1 aromatic carbocycles. The molecule has 2 rings (SSSR count). The van der Waals surface area contributed by atoms with Crippen molar-refractivity contribution in [1.29, 1.82) is 0 Å². The molecule has 1 fully saturated rings. The minimum atomic E-state index is -1.04. The van der Waals surface area contributed by atoms with Gasteiger partial charge in [-0.2, -0.15) is 0 Å². The monoisotopic (exact) mass is 278 g/mol. The van der Waals surface area contributed by atoms with Crippen LogP contribution in [0.3, 0.4) is 0 Å². The summed E-state index contributed by atoms with van der Waals surface area (Å²) in [5.74, 6) is -0.687. The summed E-state index contributed by atoms with van der Waals surface area (Å²) in [6, 6.07) is 6.56. The molecule has 1 unspecified atom stereocenters. The smallest absolute Gasteiger partial charge is 0.341 e. The number of benzene rings is 1. The van der Waals surface area contributed by atoms with Crippen LogP contribution >= 0.6 is 0 Å². The molecule has 6 heteroatoms. The van der Waals surface area contributed by atoms with Gasteiger partial charge < -0.3 is 20.5 Å². The van der Waals surface area contributed by atoms with Crippen LogP contribution in [0.1, 0.15) is 19.3 Å². The Morgan fingerprint density at radius 1 is 1.40 bits per heavy atom. The van der Waals surface area contributed by atoms with Gasteiger partial charge in [0.25, 0.3) is 0 Å². The third-order valence-electron chi connectivity index (χ3n) is 3.09. The van der Waals surface area contributed by atoms with Crippen LogP contribution in [0.5, 0.6) is 5.75 Å². The molecule has 0 aromatic heterocycles. The quantitative estimate of drug-likeness (QED) is 0.754. The maximum atomic E-state index is 12.0. The highest BCUT2D eigenvalue weighted by Crippen LogP contribution is 2.18. The molecule has 1 aromatic rings. The van der Waals surface area contributed by atoms with Crippen LogP contribution in [0.25, 0.3) is 0 Å². The van der Waals surface area contributed by atoms with Crippen molar-refractivity contribution in [2.45, 2.75) is 25.3 Å². The first-order chi connectivity index (χ1) is 9.65. The maximum Gasteiger partial charge on any atom is 0.341 e. The first-order valence-corrected chi connectivity index (χ1v) is 6.64. The lowest BCUT2D eigenvalue weighted by Crippen LogP contribution is -2.43. The molecule has 6 nitrogen and oxygen atoms in total. The van der Waals surface area contributed by atoms with Crippen molar-refractivity contribution in [2.24, 2.45) is 0 Å². The molecule has 20 heavy (non-hydrogen) atoms. The van der Waals surface area contributed by atoms with Gasteiger partial charge in [-0.25, -0.2) is 4.79 Å². The van der Waals surface area contributed by atoms with E-state index in [0.29, 0.717) is 11.4 Å². The van der Waals surface area contributed by atoms with Gasteiger partial charge in [-0.3, -0.25) is 4.79 Å². The molecule has 0 saturated carbocycles. The van der Waals surface area contributed by atoms with E-state index < -0.39 is 12.6 Å². The van der Waals surface area contributed by atoms with Gasteiger partial charge in [0.15, 0.2) is 6.61 Å². The summed E-state index contributed by atoms with van der Waals surface area (Å²) in [6.07, 6.45) is 2.98. The molecular formula is C14H18N2O4. The van der Waals surface area contributed by atoms with E-state index in [9.17, 15) is 9.59 Å². The van der Waals surface area contributed by atoms with Crippen LogP contribution in [0, 0.1) is 0 Å². The normalized spacial score (nSPS) is 18.3. The number of amides is 1. The lowest BCUT2D eigenvalue weighted by molar-refractivity contribution is -0.139. The number of hydrogen-bond donors (Lipinski definition) is 3. The summed E-state index contributed by atoms with van der Waals surface area (Å²) < 4.78 is 5.07. The van der Waals surface area contributed by atoms with Gasteiger partial charge in [0.05, 0.1) is 6.04 Å². The lowest BCUT2D eigenvalue weighted by Gasteiger charge is -2.22. The molecule has 0 radical (unpaired) electrons. The first-order valence-electron chi connectivity index (χ1n) is 6.64. The van der Waals surface area contributed by atoms with Crippen molar-refractivity contribution in [1.82, 2.24) is 5.32 Å². The number of carboxylic acid groups (broad SMARTS) is 1. The van der Waals surface area contributed by atoms with E-state index in [1.807, 2.05) is 0 Å². The summed E-state index contributed by atoms with van der Waals surface area (Å²) in [4.78, 5) is 22.5. The third-order valence-corrected chi connectivity index (χ3v) is 3.09. The van der Waals surface area contributed by atoms with Crippen LogP contribution in [-0.4, -0.2) is 36.2 Å². The number of aliphatic carboxylic acids is 1. The number of rotatable bonds is 5. The minimum Gasteiger partial charge on any atom is -0.482 e. The average Bonchev–Trinajstić information content (AvgIpc) is 2.46. The number of anilines is 1. The van der Waals surface area contributed by atoms with Crippen molar-refractivity contribution < 1.29 is 19.4 Å². The number of piperidine rings is 1. The van der Waals surface area contributed by atoms with Crippen molar-refractivity contribution in [3.05, 3.63) is 24.3 Å². The van der Waals surface area contributed by atoms with Crippen LogP contribution in [0.4, 0.5) is 5.69 Å². The third kappa shape index (κ3) is 4.24. The van der Waals surface area contributed by atoms with E-state index in [-0.39, 0.29) is 11.9 Å². The number of carbonyl (C=O) groups is 2. The SMILES string of the molecule is O=C(O)COc1cccc(NC(=O)C2CCCCN2)c1. The predicted octanol–water partition coefficient (Wildman–Crippen LogP) is 1.23. The Bertz CT molecular complexity index is 484. The van der Waals surface area contributed by atoms with E-state index in [2.05, 4.69) is 10.6 Å². The zero-order valence-electron chi connectivity index (χ0n) is 11.1. The zero-order chi connectivity index (χ0) is 14.4. The van der Waals surface area contributed by atoms with Gasteiger partial charge in [-0.1, -0.05) is 12.5 Å². The number of nitrogens with one attached hydrogen (secondary N) is 2. The molecule has 1 atom stereocenters. The van der Waals surface area contributed by atoms with E-state index >= 15 is 0 Å². The summed E-state index contributed by atoms with van der Waals surface area (Å²) in [6.45, 7) is 0.460. The Morgan fingerprint density at radius 2 is 2.25 bits per heavy atom. The van der Waals surface area contributed by atoms with E-state index in [1.165, 1.54) is 0 Å². The van der Waals surface area contributed by atoms with Crippen LogP contribution in [-0.2, 0) is 9.59 Å². The fraction of sp³-hybridized carbons (Fsp3) is 0.429. The second kappa shape index (κ2) is 6.91. The number of ether oxygens (including phenoxy) is 1. The number of carboxylic acids is 1. The van der Waals surface area contributed by atoms with Crippen LogP contribution in [0.15, 0.2) is 24.3 Å². The highest BCUT2D eigenvalue weighted by Gasteiger charge is 2.20. The second-order valence-corrected chi connectivity index (χ2v) is 4.70. The Kier molecular flexibility index (Phi) is 4.95. The second-order valence-electron chi connectivity index (χ2n) is 4.70. The molecule has 1 amide bonds. The largest absolute Gasteiger partial charge is 0.482 e. The van der Waals surface area contributed by atoms with E-state index in [4.69, 9.17) is 9.84 Å². The maximum absolute atomic E-state index is 12.0. The molecule has 3 N–H and O–H groups in total. The van der Waals surface area contributed by atoms with E-state index in [0.717, 1.165) is 25.8 Å². The van der Waals surface area contributed by atoms with Gasteiger partial charge in [-0.15, -0.1) is 0 Å². The fourth-order valence-corrected chi connectivity index (χ4v) is 2.11. The molecule has 108 valence electrons. The molecular weight excluding hydrogens is 260 g/mol. The first kappa shape index (κ1) is 14.3. The fourth-order valence-electron chi connectivity index (χ4n) is 2.11. The Morgan fingerprint density at radius 3 is 2.95 bits per heavy atom. The van der Waals surface area contributed by atoms with Gasteiger partial charge in [0.2, 0.25) is 5.91 Å². The Labute approximate surface area is 117 Å². The van der Waals surface area contributed by atoms with Crippen molar-refractivity contribution in [2.75, 3.05) is 18.5 Å².